The van der Waals surface area contributed by atoms with Gasteiger partial charge in [-0.15, -0.1) is 0 Å². The fraction of sp³-hybridized carbons (Fsp3) is 0.667. The van der Waals surface area contributed by atoms with Crippen molar-refractivity contribution in [3.8, 4) is 0 Å². The number of benzene rings is 1. The molecule has 2 heterocycles. The van der Waals surface area contributed by atoms with Gasteiger partial charge < -0.3 is 20.4 Å². The molecule has 5 nitrogen and oxygen atoms in total. The predicted molar refractivity (Wildman–Crippen MR) is 113 cm³/mol. The Morgan fingerprint density at radius 2 is 1.85 bits per heavy atom. The Morgan fingerprint density at radius 1 is 1.15 bits per heavy atom. The molecule has 27 heavy (non-hydrogen) atoms. The maximum absolute atomic E-state index is 12.3. The number of piperidine rings is 1. The Hall–Kier alpha value is -1.46. The summed E-state index contributed by atoms with van der Waals surface area (Å²) >= 11 is 5.97. The van der Waals surface area contributed by atoms with E-state index in [-0.39, 0.29) is 6.03 Å². The number of nitrogens with zero attached hydrogens (tertiary/aromatic N) is 2. The van der Waals surface area contributed by atoms with Crippen LogP contribution in [0.15, 0.2) is 24.3 Å². The van der Waals surface area contributed by atoms with Gasteiger partial charge in [0.15, 0.2) is 0 Å². The second kappa shape index (κ2) is 9.65. The van der Waals surface area contributed by atoms with E-state index in [0.717, 1.165) is 63.6 Å². The second-order valence-corrected chi connectivity index (χ2v) is 8.84. The van der Waals surface area contributed by atoms with Crippen LogP contribution in [0.1, 0.15) is 33.1 Å². The minimum absolute atomic E-state index is 0.0118. The first-order valence-corrected chi connectivity index (χ1v) is 10.6. The smallest absolute Gasteiger partial charge is 0.315 e. The summed E-state index contributed by atoms with van der Waals surface area (Å²) in [7, 11) is 0. The van der Waals surface area contributed by atoms with Crippen molar-refractivity contribution < 1.29 is 4.79 Å². The SMILES string of the molecule is CC(C)CN1CCC(NC(=O)NC[C@H]2CCN(c3ccc(Cl)cc3)C2)CC1. The van der Waals surface area contributed by atoms with Gasteiger partial charge in [0.1, 0.15) is 0 Å². The minimum atomic E-state index is -0.0118. The summed E-state index contributed by atoms with van der Waals surface area (Å²) in [5, 5.41) is 7.01. The summed E-state index contributed by atoms with van der Waals surface area (Å²) in [6.45, 7) is 10.6. The molecule has 0 radical (unpaired) electrons. The van der Waals surface area contributed by atoms with Crippen LogP contribution in [-0.4, -0.2) is 56.2 Å². The Kier molecular flexibility index (Phi) is 7.25. The molecule has 2 aliphatic heterocycles. The fourth-order valence-corrected chi connectivity index (χ4v) is 4.26. The standard InChI is InChI=1S/C21H33ClN4O/c1-16(2)14-25-10-8-19(9-11-25)24-21(27)23-13-17-7-12-26(15-17)20-5-3-18(22)4-6-20/h3-6,16-17,19H,7-15H2,1-2H3,(H2,23,24,27)/t17-/m1/s1. The maximum Gasteiger partial charge on any atom is 0.315 e. The molecule has 6 heteroatoms. The monoisotopic (exact) mass is 392 g/mol. The molecule has 2 fully saturated rings. The highest BCUT2D eigenvalue weighted by Crippen LogP contribution is 2.24. The van der Waals surface area contributed by atoms with Crippen molar-refractivity contribution in [3.63, 3.8) is 0 Å². The summed E-state index contributed by atoms with van der Waals surface area (Å²) in [6.07, 6.45) is 3.21. The highest BCUT2D eigenvalue weighted by molar-refractivity contribution is 6.30. The first kappa shape index (κ1) is 20.3. The minimum Gasteiger partial charge on any atom is -0.371 e. The average molecular weight is 393 g/mol. The third-order valence-corrected chi connectivity index (χ3v) is 5.83. The highest BCUT2D eigenvalue weighted by atomic mass is 35.5. The van der Waals surface area contributed by atoms with Crippen LogP contribution in [0.5, 0.6) is 0 Å². The molecule has 150 valence electrons. The van der Waals surface area contributed by atoms with E-state index in [1.54, 1.807) is 0 Å². The van der Waals surface area contributed by atoms with Crippen LogP contribution in [0.3, 0.4) is 0 Å². The van der Waals surface area contributed by atoms with Gasteiger partial charge in [0, 0.05) is 56.0 Å². The first-order chi connectivity index (χ1) is 13.0. The van der Waals surface area contributed by atoms with Crippen molar-refractivity contribution >= 4 is 23.3 Å². The van der Waals surface area contributed by atoms with E-state index in [9.17, 15) is 4.79 Å². The zero-order valence-electron chi connectivity index (χ0n) is 16.6. The summed E-state index contributed by atoms with van der Waals surface area (Å²) in [4.78, 5) is 17.1. The van der Waals surface area contributed by atoms with E-state index >= 15 is 0 Å². The molecule has 1 atom stereocenters. The topological polar surface area (TPSA) is 47.6 Å². The maximum atomic E-state index is 12.3. The second-order valence-electron chi connectivity index (χ2n) is 8.40. The quantitative estimate of drug-likeness (QED) is 0.777. The van der Waals surface area contributed by atoms with Crippen molar-refractivity contribution in [3.05, 3.63) is 29.3 Å². The van der Waals surface area contributed by atoms with Crippen molar-refractivity contribution in [2.24, 2.45) is 11.8 Å². The summed E-state index contributed by atoms with van der Waals surface area (Å²) in [5.41, 5.74) is 1.21. The highest BCUT2D eigenvalue weighted by Gasteiger charge is 2.24. The van der Waals surface area contributed by atoms with Crippen LogP contribution in [0, 0.1) is 11.8 Å². The molecular formula is C21H33ClN4O. The summed E-state index contributed by atoms with van der Waals surface area (Å²) in [6, 6.07) is 8.29. The Labute approximate surface area is 168 Å². The lowest BCUT2D eigenvalue weighted by Crippen LogP contribution is -2.49. The molecule has 1 aromatic rings. The molecule has 0 bridgehead atoms. The molecule has 0 spiro atoms. The van der Waals surface area contributed by atoms with Crippen LogP contribution in [0.25, 0.3) is 0 Å². The Bertz CT molecular complexity index is 599. The molecular weight excluding hydrogens is 360 g/mol. The number of hydrogen-bond acceptors (Lipinski definition) is 3. The third kappa shape index (κ3) is 6.28. The molecule has 0 unspecified atom stereocenters. The molecule has 2 saturated heterocycles. The van der Waals surface area contributed by atoms with Crippen LogP contribution in [0.4, 0.5) is 10.5 Å². The molecule has 2 aliphatic rings. The lowest BCUT2D eigenvalue weighted by atomic mass is 10.0. The van der Waals surface area contributed by atoms with Gasteiger partial charge in [-0.2, -0.15) is 0 Å². The van der Waals surface area contributed by atoms with Gasteiger partial charge in [-0.3, -0.25) is 0 Å². The Morgan fingerprint density at radius 3 is 2.52 bits per heavy atom. The van der Waals surface area contributed by atoms with Crippen molar-refractivity contribution in [1.29, 1.82) is 0 Å². The van der Waals surface area contributed by atoms with Gasteiger partial charge >= 0.3 is 6.03 Å². The number of nitrogens with one attached hydrogen (secondary N) is 2. The van der Waals surface area contributed by atoms with E-state index in [0.29, 0.717) is 17.9 Å². The van der Waals surface area contributed by atoms with Gasteiger partial charge in [0.2, 0.25) is 0 Å². The van der Waals surface area contributed by atoms with Crippen molar-refractivity contribution in [1.82, 2.24) is 15.5 Å². The normalized spacial score (nSPS) is 21.6. The summed E-state index contributed by atoms with van der Waals surface area (Å²) in [5.74, 6) is 1.20. The van der Waals surface area contributed by atoms with Crippen molar-refractivity contribution in [2.75, 3.05) is 44.2 Å². The van der Waals surface area contributed by atoms with Gasteiger partial charge in [0.05, 0.1) is 0 Å². The number of anilines is 1. The molecule has 2 N–H and O–H groups in total. The van der Waals surface area contributed by atoms with E-state index in [4.69, 9.17) is 11.6 Å². The molecule has 0 aliphatic carbocycles. The van der Waals surface area contributed by atoms with E-state index in [1.807, 2.05) is 12.1 Å². The van der Waals surface area contributed by atoms with E-state index in [1.165, 1.54) is 5.69 Å². The summed E-state index contributed by atoms with van der Waals surface area (Å²) < 4.78 is 0. The van der Waals surface area contributed by atoms with Gasteiger partial charge in [-0.1, -0.05) is 25.4 Å². The zero-order chi connectivity index (χ0) is 19.2. The number of rotatable bonds is 6. The molecule has 0 saturated carbocycles. The fourth-order valence-electron chi connectivity index (χ4n) is 4.14. The lowest BCUT2D eigenvalue weighted by Gasteiger charge is -2.33. The number of carbonyl (C=O) groups excluding carboxylic acids is 1. The molecule has 1 aromatic carbocycles. The third-order valence-electron chi connectivity index (χ3n) is 5.58. The lowest BCUT2D eigenvalue weighted by molar-refractivity contribution is 0.177. The zero-order valence-corrected chi connectivity index (χ0v) is 17.3. The van der Waals surface area contributed by atoms with Crippen LogP contribution < -0.4 is 15.5 Å². The van der Waals surface area contributed by atoms with Gasteiger partial charge in [-0.25, -0.2) is 4.79 Å². The van der Waals surface area contributed by atoms with E-state index in [2.05, 4.69) is 46.4 Å². The van der Waals surface area contributed by atoms with Gasteiger partial charge in [0.25, 0.3) is 0 Å². The number of likely N-dealkylation sites (tertiary alicyclic amines) is 1. The molecule has 2 amide bonds. The number of halogens is 1. The van der Waals surface area contributed by atoms with Crippen LogP contribution in [0.2, 0.25) is 5.02 Å². The van der Waals surface area contributed by atoms with Gasteiger partial charge in [-0.05, 0) is 55.4 Å². The van der Waals surface area contributed by atoms with Crippen molar-refractivity contribution in [2.45, 2.75) is 39.2 Å². The van der Waals surface area contributed by atoms with Crippen LogP contribution in [-0.2, 0) is 0 Å². The number of hydrogen-bond donors (Lipinski definition) is 2. The molecule has 3 rings (SSSR count). The largest absolute Gasteiger partial charge is 0.371 e. The Balaban J connectivity index is 1.33. The first-order valence-electron chi connectivity index (χ1n) is 10.3. The predicted octanol–water partition coefficient (Wildman–Crippen LogP) is 3.59. The number of carbonyl (C=O) groups is 1. The molecule has 0 aromatic heterocycles. The van der Waals surface area contributed by atoms with Crippen LogP contribution >= 0.6 is 11.6 Å². The average Bonchev–Trinajstić information content (AvgIpc) is 3.11. The van der Waals surface area contributed by atoms with E-state index < -0.39 is 0 Å². The number of urea groups is 1. The number of amides is 2.